The minimum atomic E-state index is -3.69. The number of hydrogen-bond acceptors (Lipinski definition) is 4. The number of nitrogens with zero attached hydrogens (tertiary/aromatic N) is 1. The van der Waals surface area contributed by atoms with Crippen LogP contribution in [0.5, 0.6) is 0 Å². The highest BCUT2D eigenvalue weighted by Crippen LogP contribution is 2.25. The zero-order chi connectivity index (χ0) is 14.9. The van der Waals surface area contributed by atoms with Crippen molar-refractivity contribution in [1.29, 1.82) is 0 Å². The summed E-state index contributed by atoms with van der Waals surface area (Å²) in [5.74, 6) is 0.395. The topological polar surface area (TPSA) is 101 Å². The maximum absolute atomic E-state index is 12.5. The number of rotatable bonds is 4. The number of H-pyrrole nitrogens is 1. The van der Waals surface area contributed by atoms with Crippen molar-refractivity contribution >= 4 is 21.5 Å². The fraction of sp³-hybridized carbons (Fsp3) is 0.308. The molecule has 2 aromatic rings. The summed E-state index contributed by atoms with van der Waals surface area (Å²) in [5.41, 5.74) is 8.50. The molecule has 0 aliphatic heterocycles. The lowest BCUT2D eigenvalue weighted by atomic mass is 10.1. The monoisotopic (exact) mass is 294 g/mol. The van der Waals surface area contributed by atoms with Gasteiger partial charge in [-0.3, -0.25) is 9.82 Å². The molecule has 0 unspecified atom stereocenters. The van der Waals surface area contributed by atoms with Gasteiger partial charge in [0.2, 0.25) is 0 Å². The summed E-state index contributed by atoms with van der Waals surface area (Å²) in [6, 6.07) is 3.22. The molecule has 0 spiro atoms. The molecule has 20 heavy (non-hydrogen) atoms. The summed E-state index contributed by atoms with van der Waals surface area (Å²) in [7, 11) is -3.69. The zero-order valence-electron chi connectivity index (χ0n) is 11.7. The second-order valence-corrected chi connectivity index (χ2v) is 6.34. The van der Waals surface area contributed by atoms with Gasteiger partial charge in [0.25, 0.3) is 10.0 Å². The van der Waals surface area contributed by atoms with Gasteiger partial charge in [-0.05, 0) is 43.5 Å². The number of sulfonamides is 1. The van der Waals surface area contributed by atoms with E-state index in [2.05, 4.69) is 14.9 Å². The molecule has 0 bridgehead atoms. The number of hydrogen-bond donors (Lipinski definition) is 3. The molecule has 0 fully saturated rings. The van der Waals surface area contributed by atoms with Crippen LogP contribution in [0.3, 0.4) is 0 Å². The van der Waals surface area contributed by atoms with E-state index in [0.717, 1.165) is 11.1 Å². The maximum atomic E-state index is 12.5. The van der Waals surface area contributed by atoms with E-state index in [9.17, 15) is 8.42 Å². The molecule has 4 N–H and O–H groups in total. The van der Waals surface area contributed by atoms with E-state index in [1.165, 1.54) is 6.07 Å². The third-order valence-corrected chi connectivity index (χ3v) is 4.74. The number of benzene rings is 1. The van der Waals surface area contributed by atoms with Crippen molar-refractivity contribution in [3.63, 3.8) is 0 Å². The zero-order valence-corrected chi connectivity index (χ0v) is 12.5. The van der Waals surface area contributed by atoms with E-state index in [4.69, 9.17) is 5.73 Å². The number of aromatic amines is 1. The second-order valence-electron chi connectivity index (χ2n) is 4.69. The van der Waals surface area contributed by atoms with Crippen molar-refractivity contribution in [3.05, 3.63) is 35.0 Å². The van der Waals surface area contributed by atoms with Gasteiger partial charge in [-0.25, -0.2) is 8.42 Å². The summed E-state index contributed by atoms with van der Waals surface area (Å²) < 4.78 is 27.5. The Hall–Kier alpha value is -2.02. The van der Waals surface area contributed by atoms with Crippen LogP contribution in [-0.2, 0) is 16.4 Å². The SMILES string of the molecule is CCc1cn[nH]c1NS(=O)(=O)c1cc(N)cc(C)c1C. The van der Waals surface area contributed by atoms with Crippen LogP contribution >= 0.6 is 0 Å². The van der Waals surface area contributed by atoms with Crippen molar-refractivity contribution in [3.8, 4) is 0 Å². The van der Waals surface area contributed by atoms with Gasteiger partial charge in [-0.1, -0.05) is 6.92 Å². The molecule has 2 rings (SSSR count). The Balaban J connectivity index is 2.46. The highest BCUT2D eigenvalue weighted by Gasteiger charge is 2.20. The van der Waals surface area contributed by atoms with Crippen molar-refractivity contribution in [1.82, 2.24) is 10.2 Å². The van der Waals surface area contributed by atoms with Crippen LogP contribution in [0.15, 0.2) is 23.2 Å². The standard InChI is InChI=1S/C13H18N4O2S/c1-4-10-7-15-16-13(10)17-20(18,19)12-6-11(14)5-8(2)9(12)3/h5-7H,4,14H2,1-3H3,(H2,15,16,17). The molecular formula is C13H18N4O2S. The minimum absolute atomic E-state index is 0.187. The smallest absolute Gasteiger partial charge is 0.263 e. The quantitative estimate of drug-likeness (QED) is 0.750. The van der Waals surface area contributed by atoms with Gasteiger partial charge in [0.1, 0.15) is 5.82 Å². The van der Waals surface area contributed by atoms with E-state index < -0.39 is 10.0 Å². The predicted octanol–water partition coefficient (Wildman–Crippen LogP) is 1.97. The molecule has 0 amide bonds. The van der Waals surface area contributed by atoms with Crippen LogP contribution in [-0.4, -0.2) is 18.6 Å². The lowest BCUT2D eigenvalue weighted by molar-refractivity contribution is 0.600. The largest absolute Gasteiger partial charge is 0.399 e. The van der Waals surface area contributed by atoms with Crippen molar-refractivity contribution in [2.24, 2.45) is 0 Å². The first-order chi connectivity index (χ1) is 9.35. The van der Waals surface area contributed by atoms with Gasteiger partial charge in [-0.2, -0.15) is 5.10 Å². The van der Waals surface area contributed by atoms with Gasteiger partial charge in [0, 0.05) is 11.3 Å². The van der Waals surface area contributed by atoms with E-state index >= 15 is 0 Å². The average molecular weight is 294 g/mol. The fourth-order valence-electron chi connectivity index (χ4n) is 1.99. The van der Waals surface area contributed by atoms with E-state index in [0.29, 0.717) is 23.5 Å². The lowest BCUT2D eigenvalue weighted by Crippen LogP contribution is -2.16. The molecule has 0 saturated carbocycles. The molecule has 0 atom stereocenters. The third kappa shape index (κ3) is 2.62. The Morgan fingerprint density at radius 2 is 2.05 bits per heavy atom. The summed E-state index contributed by atoms with van der Waals surface area (Å²) >= 11 is 0. The molecule has 1 heterocycles. The van der Waals surface area contributed by atoms with Crippen molar-refractivity contribution < 1.29 is 8.42 Å². The molecule has 0 saturated heterocycles. The Labute approximate surface area is 118 Å². The lowest BCUT2D eigenvalue weighted by Gasteiger charge is -2.12. The van der Waals surface area contributed by atoms with E-state index in [1.54, 1.807) is 19.2 Å². The molecule has 6 nitrogen and oxygen atoms in total. The number of nitrogens with two attached hydrogens (primary N) is 1. The van der Waals surface area contributed by atoms with Gasteiger partial charge in [0.15, 0.2) is 0 Å². The third-order valence-electron chi connectivity index (χ3n) is 3.27. The molecule has 1 aromatic carbocycles. The van der Waals surface area contributed by atoms with Crippen LogP contribution in [0.1, 0.15) is 23.6 Å². The maximum Gasteiger partial charge on any atom is 0.263 e. The van der Waals surface area contributed by atoms with E-state index in [1.807, 2.05) is 13.8 Å². The first kappa shape index (κ1) is 14.4. The first-order valence-electron chi connectivity index (χ1n) is 6.27. The Morgan fingerprint density at radius 1 is 1.35 bits per heavy atom. The molecule has 0 radical (unpaired) electrons. The van der Waals surface area contributed by atoms with E-state index in [-0.39, 0.29) is 4.90 Å². The van der Waals surface area contributed by atoms with Crippen molar-refractivity contribution in [2.45, 2.75) is 32.1 Å². The van der Waals surface area contributed by atoms with Gasteiger partial charge in [0.05, 0.1) is 11.1 Å². The van der Waals surface area contributed by atoms with Crippen LogP contribution in [0.4, 0.5) is 11.5 Å². The number of anilines is 2. The molecule has 1 aromatic heterocycles. The van der Waals surface area contributed by atoms with Crippen LogP contribution < -0.4 is 10.5 Å². The highest BCUT2D eigenvalue weighted by atomic mass is 32.2. The van der Waals surface area contributed by atoms with Gasteiger partial charge in [-0.15, -0.1) is 0 Å². The number of aryl methyl sites for hydroxylation is 2. The van der Waals surface area contributed by atoms with Crippen LogP contribution in [0.25, 0.3) is 0 Å². The molecule has 108 valence electrons. The number of nitrogens with one attached hydrogen (secondary N) is 2. The molecule has 7 heteroatoms. The second kappa shape index (κ2) is 5.16. The summed E-state index contributed by atoms with van der Waals surface area (Å²) in [6.45, 7) is 5.52. The molecule has 0 aliphatic carbocycles. The Morgan fingerprint density at radius 3 is 2.70 bits per heavy atom. The van der Waals surface area contributed by atoms with Crippen LogP contribution in [0.2, 0.25) is 0 Å². The fourth-order valence-corrected chi connectivity index (χ4v) is 3.40. The highest BCUT2D eigenvalue weighted by molar-refractivity contribution is 7.92. The molecular weight excluding hydrogens is 276 g/mol. The number of nitrogen functional groups attached to an aromatic ring is 1. The predicted molar refractivity (Wildman–Crippen MR) is 79.1 cm³/mol. The Kier molecular flexibility index (Phi) is 3.71. The van der Waals surface area contributed by atoms with Crippen LogP contribution in [0, 0.1) is 13.8 Å². The first-order valence-corrected chi connectivity index (χ1v) is 7.75. The summed E-state index contributed by atoms with van der Waals surface area (Å²) in [4.78, 5) is 0.187. The van der Waals surface area contributed by atoms with Gasteiger partial charge >= 0.3 is 0 Å². The molecule has 0 aliphatic rings. The van der Waals surface area contributed by atoms with Crippen molar-refractivity contribution in [2.75, 3.05) is 10.5 Å². The average Bonchev–Trinajstić information content (AvgIpc) is 2.80. The summed E-state index contributed by atoms with van der Waals surface area (Å²) in [6.07, 6.45) is 2.29. The number of aromatic nitrogens is 2. The Bertz CT molecular complexity index is 735. The minimum Gasteiger partial charge on any atom is -0.399 e. The summed E-state index contributed by atoms with van der Waals surface area (Å²) in [5, 5.41) is 6.51. The van der Waals surface area contributed by atoms with Gasteiger partial charge < -0.3 is 5.73 Å². The normalized spacial score (nSPS) is 11.6.